The highest BCUT2D eigenvalue weighted by molar-refractivity contribution is 6.32. The van der Waals surface area contributed by atoms with Gasteiger partial charge in [-0.1, -0.05) is 11.6 Å². The molecule has 2 atom stereocenters. The predicted molar refractivity (Wildman–Crippen MR) is 162 cm³/mol. The summed E-state index contributed by atoms with van der Waals surface area (Å²) in [6, 6.07) is 4.97. The van der Waals surface area contributed by atoms with Crippen LogP contribution in [0.4, 0.5) is 23.2 Å². The number of phenols is 1. The zero-order valence-electron chi connectivity index (χ0n) is 24.9. The number of alkyl halides is 3. The molecule has 0 radical (unpaired) electrons. The highest BCUT2D eigenvalue weighted by atomic mass is 35.5. The Labute approximate surface area is 259 Å². The van der Waals surface area contributed by atoms with E-state index in [9.17, 15) is 18.3 Å². The Morgan fingerprint density at radius 2 is 1.82 bits per heavy atom. The van der Waals surface area contributed by atoms with Crippen molar-refractivity contribution in [3.8, 4) is 28.8 Å². The van der Waals surface area contributed by atoms with Gasteiger partial charge in [-0.05, 0) is 75.1 Å². The van der Waals surface area contributed by atoms with E-state index in [-0.39, 0.29) is 46.4 Å². The maximum Gasteiger partial charge on any atom is 0.265 e. The van der Waals surface area contributed by atoms with E-state index in [2.05, 4.69) is 14.9 Å². The van der Waals surface area contributed by atoms with Gasteiger partial charge in [0.25, 0.3) is 5.92 Å². The molecule has 4 fully saturated rings. The Kier molecular flexibility index (Phi) is 8.71. The van der Waals surface area contributed by atoms with E-state index in [1.54, 1.807) is 0 Å². The number of methoxy groups -OCH3 is 2. The minimum absolute atomic E-state index is 0.0373. The summed E-state index contributed by atoms with van der Waals surface area (Å²) >= 11 is 6.43. The molecule has 1 aromatic carbocycles. The summed E-state index contributed by atoms with van der Waals surface area (Å²) in [7, 11) is 2.76. The molecule has 1 aliphatic carbocycles. The van der Waals surface area contributed by atoms with Crippen molar-refractivity contribution in [2.75, 3.05) is 45.3 Å². The second-order valence-electron chi connectivity index (χ2n) is 12.2. The monoisotopic (exact) mass is 636 g/mol. The molecule has 3 saturated heterocycles. The van der Waals surface area contributed by atoms with Crippen LogP contribution in [-0.2, 0) is 0 Å². The molecule has 12 heteroatoms. The minimum Gasteiger partial charge on any atom is -0.508 e. The van der Waals surface area contributed by atoms with Crippen molar-refractivity contribution in [1.29, 1.82) is 0 Å². The van der Waals surface area contributed by atoms with Crippen LogP contribution in [0, 0.1) is 5.82 Å². The standard InChI is InChI=1S/C25H25ClF3N3O3.C7H12FN/c1-34-18-11-17(32-8-4-3-7-25(28,29)12-32)20-23(30-18)21(27)22(31-24(20)35-2)15-9-14(33)10-16(26)19(15)13-5-6-13;8-6-4-7-2-1-3-9(7)5-6/h9-11,13,33H,3-8,12H2,1-2H3;6-7H,1-5H2. The van der Waals surface area contributed by atoms with Crippen LogP contribution in [0.5, 0.6) is 17.5 Å². The molecule has 3 aliphatic heterocycles. The van der Waals surface area contributed by atoms with Crippen molar-refractivity contribution >= 4 is 28.2 Å². The SMILES string of the molecule is COc1cc(N2CCCCC(F)(F)C2)c2c(OC)nc(-c3cc(O)cc(Cl)c3C3CC3)c(F)c2n1.FC1CC2CCCN2C1. The lowest BCUT2D eigenvalue weighted by molar-refractivity contribution is 0.00349. The largest absolute Gasteiger partial charge is 0.508 e. The molecule has 2 aromatic heterocycles. The number of anilines is 1. The number of halogens is 5. The van der Waals surface area contributed by atoms with E-state index in [1.165, 1.54) is 50.2 Å². The molecule has 0 bridgehead atoms. The van der Waals surface area contributed by atoms with Crippen LogP contribution in [0.1, 0.15) is 62.8 Å². The van der Waals surface area contributed by atoms with Gasteiger partial charge in [-0.15, -0.1) is 0 Å². The number of hydrogen-bond donors (Lipinski definition) is 1. The van der Waals surface area contributed by atoms with E-state index in [0.29, 0.717) is 53.8 Å². The number of phenolic OH excluding ortho intramolecular Hbond substituents is 1. The van der Waals surface area contributed by atoms with Crippen molar-refractivity contribution < 1.29 is 32.1 Å². The van der Waals surface area contributed by atoms with Crippen LogP contribution in [0.2, 0.25) is 5.02 Å². The van der Waals surface area contributed by atoms with Crippen LogP contribution >= 0.6 is 11.6 Å². The first-order valence-electron chi connectivity index (χ1n) is 15.2. The van der Waals surface area contributed by atoms with E-state index in [0.717, 1.165) is 25.8 Å². The van der Waals surface area contributed by atoms with Crippen LogP contribution in [0.25, 0.3) is 22.2 Å². The van der Waals surface area contributed by atoms with Crippen LogP contribution in [-0.4, -0.2) is 78.5 Å². The average molecular weight is 637 g/mol. The summed E-state index contributed by atoms with van der Waals surface area (Å²) in [5.74, 6) is -3.54. The van der Waals surface area contributed by atoms with Gasteiger partial charge in [0.15, 0.2) is 5.82 Å². The Morgan fingerprint density at radius 3 is 2.52 bits per heavy atom. The van der Waals surface area contributed by atoms with Crippen LogP contribution < -0.4 is 14.4 Å². The van der Waals surface area contributed by atoms with Gasteiger partial charge in [0.1, 0.15) is 23.1 Å². The average Bonchev–Trinajstić information content (AvgIpc) is 3.67. The van der Waals surface area contributed by atoms with Crippen molar-refractivity contribution in [2.45, 2.75) is 75.4 Å². The Morgan fingerprint density at radius 1 is 1.02 bits per heavy atom. The lowest BCUT2D eigenvalue weighted by Gasteiger charge is -2.28. The number of aromatic hydroxyl groups is 1. The molecule has 5 heterocycles. The topological polar surface area (TPSA) is 71.0 Å². The first-order chi connectivity index (χ1) is 21.1. The molecule has 2 unspecified atom stereocenters. The van der Waals surface area contributed by atoms with Crippen LogP contribution in [0.3, 0.4) is 0 Å². The molecule has 1 saturated carbocycles. The van der Waals surface area contributed by atoms with Crippen LogP contribution in [0.15, 0.2) is 18.2 Å². The van der Waals surface area contributed by atoms with Crippen molar-refractivity contribution in [1.82, 2.24) is 14.9 Å². The fraction of sp³-hybridized carbons (Fsp3) is 0.562. The zero-order chi connectivity index (χ0) is 31.2. The number of hydrogen-bond acceptors (Lipinski definition) is 7. The van der Waals surface area contributed by atoms with Gasteiger partial charge in [-0.3, -0.25) is 4.90 Å². The van der Waals surface area contributed by atoms with Gasteiger partial charge >= 0.3 is 0 Å². The molecule has 7 rings (SSSR count). The first kappa shape index (κ1) is 31.0. The second-order valence-corrected chi connectivity index (χ2v) is 12.6. The zero-order valence-corrected chi connectivity index (χ0v) is 25.6. The minimum atomic E-state index is -2.89. The van der Waals surface area contributed by atoms with E-state index >= 15 is 4.39 Å². The normalized spacial score (nSPS) is 23.2. The second kappa shape index (κ2) is 12.4. The number of benzene rings is 1. The maximum atomic E-state index is 16.2. The highest BCUT2D eigenvalue weighted by Gasteiger charge is 2.37. The third-order valence-electron chi connectivity index (χ3n) is 9.02. The molecule has 238 valence electrons. The Hall–Kier alpha value is -3.05. The van der Waals surface area contributed by atoms with Crippen molar-refractivity contribution in [2.24, 2.45) is 0 Å². The molecule has 3 aromatic rings. The predicted octanol–water partition coefficient (Wildman–Crippen LogP) is 7.51. The fourth-order valence-corrected chi connectivity index (χ4v) is 7.19. The lowest BCUT2D eigenvalue weighted by atomic mass is 9.98. The molecule has 1 N–H and O–H groups in total. The van der Waals surface area contributed by atoms with Crippen molar-refractivity contribution in [3.05, 3.63) is 34.6 Å². The molecule has 0 amide bonds. The quantitative estimate of drug-likeness (QED) is 0.291. The number of pyridine rings is 2. The van der Waals surface area contributed by atoms with Gasteiger partial charge in [-0.25, -0.2) is 27.5 Å². The van der Waals surface area contributed by atoms with Crippen molar-refractivity contribution in [3.63, 3.8) is 0 Å². The molecular weight excluding hydrogens is 600 g/mol. The smallest absolute Gasteiger partial charge is 0.265 e. The molecule has 0 spiro atoms. The third-order valence-corrected chi connectivity index (χ3v) is 9.33. The van der Waals surface area contributed by atoms with Gasteiger partial charge in [0.2, 0.25) is 11.8 Å². The number of fused-ring (bicyclic) bond motifs is 2. The molecular formula is C32H37ClF4N4O3. The third kappa shape index (κ3) is 6.22. The fourth-order valence-electron chi connectivity index (χ4n) is 6.82. The molecule has 4 aliphatic rings. The number of nitrogens with zero attached hydrogens (tertiary/aromatic N) is 4. The molecule has 44 heavy (non-hydrogen) atoms. The van der Waals surface area contributed by atoms with Gasteiger partial charge in [0.05, 0.1) is 31.8 Å². The van der Waals surface area contributed by atoms with E-state index < -0.39 is 24.5 Å². The van der Waals surface area contributed by atoms with E-state index in [4.69, 9.17) is 21.1 Å². The Bertz CT molecular complexity index is 1530. The van der Waals surface area contributed by atoms with E-state index in [1.807, 2.05) is 0 Å². The summed E-state index contributed by atoms with van der Waals surface area (Å²) < 4.78 is 68.6. The number of rotatable bonds is 5. The van der Waals surface area contributed by atoms with Gasteiger partial charge in [0, 0.05) is 42.2 Å². The molecule has 7 nitrogen and oxygen atoms in total. The maximum absolute atomic E-state index is 16.2. The number of ether oxygens (including phenoxy) is 2. The highest BCUT2D eigenvalue weighted by Crippen LogP contribution is 2.50. The number of aromatic nitrogens is 2. The lowest BCUT2D eigenvalue weighted by Crippen LogP contribution is -2.35. The summed E-state index contributed by atoms with van der Waals surface area (Å²) in [5, 5.41) is 10.7. The Balaban J connectivity index is 0.000000323. The first-order valence-corrected chi connectivity index (χ1v) is 15.6. The van der Waals surface area contributed by atoms with Gasteiger partial charge in [-0.2, -0.15) is 0 Å². The summed E-state index contributed by atoms with van der Waals surface area (Å²) in [6.07, 6.45) is 5.34. The summed E-state index contributed by atoms with van der Waals surface area (Å²) in [5.41, 5.74) is 1.17. The van der Waals surface area contributed by atoms with Gasteiger partial charge < -0.3 is 19.5 Å². The summed E-state index contributed by atoms with van der Waals surface area (Å²) in [6.45, 7) is 1.70. The summed E-state index contributed by atoms with van der Waals surface area (Å²) in [4.78, 5) is 12.6.